The van der Waals surface area contributed by atoms with E-state index in [2.05, 4.69) is 11.4 Å². The van der Waals surface area contributed by atoms with E-state index in [1.54, 1.807) is 0 Å². The summed E-state index contributed by atoms with van der Waals surface area (Å²) in [7, 11) is 1.91. The summed E-state index contributed by atoms with van der Waals surface area (Å²) in [4.78, 5) is 0. The maximum Gasteiger partial charge on any atom is 0.120 e. The Balaban J connectivity index is 1.92. The zero-order valence-electron chi connectivity index (χ0n) is 8.45. The molecule has 1 aliphatic carbocycles. The van der Waals surface area contributed by atoms with Gasteiger partial charge in [-0.25, -0.2) is 0 Å². The van der Waals surface area contributed by atoms with Crippen molar-refractivity contribution < 1.29 is 0 Å². The zero-order chi connectivity index (χ0) is 9.97. The van der Waals surface area contributed by atoms with Crippen molar-refractivity contribution in [1.29, 1.82) is 5.26 Å². The number of nitriles is 1. The first-order valence-electron chi connectivity index (χ1n) is 5.08. The van der Waals surface area contributed by atoms with E-state index in [-0.39, 0.29) is 0 Å². The molecule has 0 saturated heterocycles. The molecule has 0 spiro atoms. The number of hydrogen-bond acceptors (Lipinski definition) is 2. The Morgan fingerprint density at radius 3 is 2.93 bits per heavy atom. The van der Waals surface area contributed by atoms with Crippen molar-refractivity contribution in [1.82, 2.24) is 9.88 Å². The second kappa shape index (κ2) is 3.85. The van der Waals surface area contributed by atoms with Gasteiger partial charge in [-0.05, 0) is 24.5 Å². The van der Waals surface area contributed by atoms with E-state index in [0.717, 1.165) is 12.2 Å². The molecule has 0 aliphatic heterocycles. The van der Waals surface area contributed by atoms with E-state index in [1.165, 1.54) is 24.8 Å². The number of nitrogens with one attached hydrogen (secondary N) is 1. The van der Waals surface area contributed by atoms with Crippen LogP contribution < -0.4 is 5.32 Å². The van der Waals surface area contributed by atoms with Crippen LogP contribution in [0.15, 0.2) is 12.3 Å². The van der Waals surface area contributed by atoms with Crippen LogP contribution in [0.2, 0.25) is 0 Å². The molecule has 0 radical (unpaired) electrons. The molecule has 0 atom stereocenters. The number of rotatable bonds is 3. The Morgan fingerprint density at radius 1 is 1.64 bits per heavy atom. The molecule has 0 amide bonds. The SMILES string of the molecule is Cn1cc(CNC2CCC2)cc1C#N. The molecular weight excluding hydrogens is 174 g/mol. The van der Waals surface area contributed by atoms with E-state index >= 15 is 0 Å². The largest absolute Gasteiger partial charge is 0.342 e. The first-order valence-corrected chi connectivity index (χ1v) is 5.08. The molecule has 1 aliphatic rings. The Labute approximate surface area is 84.3 Å². The van der Waals surface area contributed by atoms with Crippen LogP contribution >= 0.6 is 0 Å². The highest BCUT2D eigenvalue weighted by Gasteiger charge is 2.16. The molecule has 14 heavy (non-hydrogen) atoms. The Hall–Kier alpha value is -1.27. The predicted molar refractivity (Wildman–Crippen MR) is 54.6 cm³/mol. The normalized spacial score (nSPS) is 16.3. The minimum atomic E-state index is 0.709. The standard InChI is InChI=1S/C11H15N3/c1-14-8-9(5-11(14)6-12)7-13-10-3-2-4-10/h5,8,10,13H,2-4,7H2,1H3. The highest BCUT2D eigenvalue weighted by atomic mass is 15.0. The maximum absolute atomic E-state index is 8.78. The van der Waals surface area contributed by atoms with Crippen LogP contribution in [0.3, 0.4) is 0 Å². The van der Waals surface area contributed by atoms with Gasteiger partial charge in [-0.15, -0.1) is 0 Å². The molecule has 1 aromatic rings. The fourth-order valence-corrected chi connectivity index (χ4v) is 1.72. The highest BCUT2D eigenvalue weighted by Crippen LogP contribution is 2.18. The summed E-state index contributed by atoms with van der Waals surface area (Å²) in [6.45, 7) is 0.889. The van der Waals surface area contributed by atoms with Crippen molar-refractivity contribution in [3.8, 4) is 6.07 Å². The molecule has 1 fully saturated rings. The lowest BCUT2D eigenvalue weighted by molar-refractivity contribution is 0.338. The van der Waals surface area contributed by atoms with Gasteiger partial charge in [-0.1, -0.05) is 6.42 Å². The van der Waals surface area contributed by atoms with Gasteiger partial charge in [-0.3, -0.25) is 0 Å². The molecule has 1 heterocycles. The molecule has 1 N–H and O–H groups in total. The Bertz CT molecular complexity index is 355. The van der Waals surface area contributed by atoms with Gasteiger partial charge >= 0.3 is 0 Å². The smallest absolute Gasteiger partial charge is 0.120 e. The van der Waals surface area contributed by atoms with Gasteiger partial charge < -0.3 is 9.88 Å². The molecule has 1 aromatic heterocycles. The summed E-state index contributed by atoms with van der Waals surface area (Å²) >= 11 is 0. The van der Waals surface area contributed by atoms with Crippen molar-refractivity contribution in [3.63, 3.8) is 0 Å². The van der Waals surface area contributed by atoms with Crippen LogP contribution in [-0.4, -0.2) is 10.6 Å². The van der Waals surface area contributed by atoms with Crippen LogP contribution in [0.1, 0.15) is 30.5 Å². The zero-order valence-corrected chi connectivity index (χ0v) is 8.45. The lowest BCUT2D eigenvalue weighted by Crippen LogP contribution is -2.34. The van der Waals surface area contributed by atoms with Gasteiger partial charge in [0.25, 0.3) is 0 Å². The number of aromatic nitrogens is 1. The number of nitrogens with zero attached hydrogens (tertiary/aromatic N) is 2. The number of aryl methyl sites for hydroxylation is 1. The average molecular weight is 189 g/mol. The van der Waals surface area contributed by atoms with Crippen molar-refractivity contribution in [2.75, 3.05) is 0 Å². The van der Waals surface area contributed by atoms with Gasteiger partial charge in [-0.2, -0.15) is 5.26 Å². The van der Waals surface area contributed by atoms with E-state index < -0.39 is 0 Å². The molecule has 0 aromatic carbocycles. The lowest BCUT2D eigenvalue weighted by atomic mass is 9.93. The molecule has 2 rings (SSSR count). The van der Waals surface area contributed by atoms with E-state index in [4.69, 9.17) is 5.26 Å². The minimum Gasteiger partial charge on any atom is -0.342 e. The molecular formula is C11H15N3. The summed E-state index contributed by atoms with van der Waals surface area (Å²) in [6.07, 6.45) is 5.98. The fraction of sp³-hybridized carbons (Fsp3) is 0.545. The van der Waals surface area contributed by atoms with Gasteiger partial charge in [0.05, 0.1) is 0 Å². The van der Waals surface area contributed by atoms with Gasteiger partial charge in [0.15, 0.2) is 0 Å². The molecule has 0 unspecified atom stereocenters. The minimum absolute atomic E-state index is 0.709. The van der Waals surface area contributed by atoms with E-state index in [9.17, 15) is 0 Å². The van der Waals surface area contributed by atoms with Crippen molar-refractivity contribution in [2.24, 2.45) is 7.05 Å². The van der Waals surface area contributed by atoms with Gasteiger partial charge in [0.2, 0.25) is 0 Å². The third kappa shape index (κ3) is 1.80. The third-order valence-corrected chi connectivity index (χ3v) is 2.88. The van der Waals surface area contributed by atoms with Crippen LogP contribution in [0.25, 0.3) is 0 Å². The molecule has 74 valence electrons. The summed E-state index contributed by atoms with van der Waals surface area (Å²) in [5.74, 6) is 0. The highest BCUT2D eigenvalue weighted by molar-refractivity contribution is 5.28. The summed E-state index contributed by atoms with van der Waals surface area (Å²) < 4.78 is 1.87. The van der Waals surface area contributed by atoms with E-state index in [0.29, 0.717) is 6.04 Å². The summed E-state index contributed by atoms with van der Waals surface area (Å²) in [5.41, 5.74) is 1.94. The lowest BCUT2D eigenvalue weighted by Gasteiger charge is -2.26. The van der Waals surface area contributed by atoms with Crippen molar-refractivity contribution >= 4 is 0 Å². The molecule has 3 heteroatoms. The van der Waals surface area contributed by atoms with Gasteiger partial charge in [0.1, 0.15) is 11.8 Å². The third-order valence-electron chi connectivity index (χ3n) is 2.88. The topological polar surface area (TPSA) is 40.8 Å². The van der Waals surface area contributed by atoms with Crippen molar-refractivity contribution in [2.45, 2.75) is 31.8 Å². The molecule has 3 nitrogen and oxygen atoms in total. The second-order valence-corrected chi connectivity index (χ2v) is 3.97. The van der Waals surface area contributed by atoms with Gasteiger partial charge in [0, 0.05) is 25.8 Å². The Kier molecular flexibility index (Phi) is 2.55. The summed E-state index contributed by atoms with van der Waals surface area (Å²) in [6, 6.07) is 4.83. The van der Waals surface area contributed by atoms with Crippen molar-refractivity contribution in [3.05, 3.63) is 23.5 Å². The summed E-state index contributed by atoms with van der Waals surface area (Å²) in [5, 5.41) is 12.3. The molecule has 0 bridgehead atoms. The second-order valence-electron chi connectivity index (χ2n) is 3.97. The average Bonchev–Trinajstić information content (AvgIpc) is 2.44. The first-order chi connectivity index (χ1) is 6.79. The first kappa shape index (κ1) is 9.29. The van der Waals surface area contributed by atoms with E-state index in [1.807, 2.05) is 23.9 Å². The maximum atomic E-state index is 8.78. The monoisotopic (exact) mass is 189 g/mol. The quantitative estimate of drug-likeness (QED) is 0.783. The fourth-order valence-electron chi connectivity index (χ4n) is 1.72. The van der Waals surface area contributed by atoms with Crippen LogP contribution in [0.4, 0.5) is 0 Å². The van der Waals surface area contributed by atoms with Crippen LogP contribution in [0, 0.1) is 11.3 Å². The van der Waals surface area contributed by atoms with Crippen LogP contribution in [0.5, 0.6) is 0 Å². The number of hydrogen-bond donors (Lipinski definition) is 1. The van der Waals surface area contributed by atoms with Crippen LogP contribution in [-0.2, 0) is 13.6 Å². The Morgan fingerprint density at radius 2 is 2.43 bits per heavy atom. The molecule has 1 saturated carbocycles. The predicted octanol–water partition coefficient (Wildman–Crippen LogP) is 1.54.